The van der Waals surface area contributed by atoms with E-state index in [0.717, 1.165) is 69.3 Å². The first-order valence-electron chi connectivity index (χ1n) is 11.3. The molecule has 1 atom stereocenters. The monoisotopic (exact) mass is 531 g/mol. The van der Waals surface area contributed by atoms with Crippen LogP contribution in [0.5, 0.6) is 0 Å². The summed E-state index contributed by atoms with van der Waals surface area (Å²) in [5.41, 5.74) is 0. The van der Waals surface area contributed by atoms with Gasteiger partial charge in [0.15, 0.2) is 11.8 Å². The Balaban J connectivity index is 0.00000320. The highest BCUT2D eigenvalue weighted by atomic mass is 127. The molecule has 1 amide bonds. The maximum Gasteiger partial charge on any atom is 0.225 e. The topological polar surface area (TPSA) is 87.4 Å². The van der Waals surface area contributed by atoms with Gasteiger partial charge >= 0.3 is 0 Å². The summed E-state index contributed by atoms with van der Waals surface area (Å²) in [5.74, 6) is 3.14. The van der Waals surface area contributed by atoms with Crippen molar-refractivity contribution in [3.8, 4) is 0 Å². The lowest BCUT2D eigenvalue weighted by molar-refractivity contribution is -0.135. The summed E-state index contributed by atoms with van der Waals surface area (Å²) in [6.45, 7) is 7.10. The maximum absolute atomic E-state index is 12.8. The lowest BCUT2D eigenvalue weighted by atomic mass is 9.88. The average molecular weight is 531 g/mol. The molecule has 1 aromatic heterocycles. The van der Waals surface area contributed by atoms with Crippen LogP contribution in [0, 0.1) is 12.8 Å². The third-order valence-electron chi connectivity index (χ3n) is 6.18. The number of unbranched alkanes of at least 4 members (excludes halogenated alkanes) is 1. The van der Waals surface area contributed by atoms with Crippen LogP contribution in [0.3, 0.4) is 0 Å². The van der Waals surface area contributed by atoms with E-state index in [0.29, 0.717) is 12.5 Å². The molecule has 0 spiro atoms. The third-order valence-corrected chi connectivity index (χ3v) is 6.18. The summed E-state index contributed by atoms with van der Waals surface area (Å²) in [6, 6.07) is 0.247. The van der Waals surface area contributed by atoms with E-state index in [-0.39, 0.29) is 35.9 Å². The fraction of sp³-hybridized carbons (Fsp3) is 0.810. The number of likely N-dealkylation sites (tertiary alicyclic amines) is 1. The first-order chi connectivity index (χ1) is 14.1. The predicted octanol–water partition coefficient (Wildman–Crippen LogP) is 2.76. The van der Waals surface area contributed by atoms with Crippen LogP contribution in [-0.2, 0) is 18.4 Å². The van der Waals surface area contributed by atoms with Gasteiger partial charge in [-0.1, -0.05) is 32.6 Å². The molecular formula is C21H38IN7O. The Bertz CT molecular complexity index is 700. The molecule has 2 heterocycles. The van der Waals surface area contributed by atoms with E-state index < -0.39 is 0 Å². The van der Waals surface area contributed by atoms with Gasteiger partial charge in [0, 0.05) is 38.6 Å². The Labute approximate surface area is 197 Å². The van der Waals surface area contributed by atoms with Gasteiger partial charge in [-0.25, -0.2) is 4.99 Å². The van der Waals surface area contributed by atoms with E-state index in [1.165, 1.54) is 19.3 Å². The average Bonchev–Trinajstić information content (AvgIpc) is 3.33. The molecule has 8 nitrogen and oxygen atoms in total. The van der Waals surface area contributed by atoms with Crippen LogP contribution < -0.4 is 10.6 Å². The highest BCUT2D eigenvalue weighted by Crippen LogP contribution is 2.26. The first kappa shape index (κ1) is 24.9. The van der Waals surface area contributed by atoms with Gasteiger partial charge in [-0.2, -0.15) is 0 Å². The number of carbonyl (C=O) groups excluding carboxylic acids is 1. The van der Waals surface area contributed by atoms with Crippen molar-refractivity contribution in [2.75, 3.05) is 19.6 Å². The van der Waals surface area contributed by atoms with Crippen molar-refractivity contribution in [2.45, 2.75) is 77.8 Å². The van der Waals surface area contributed by atoms with Crippen LogP contribution in [-0.4, -0.2) is 57.2 Å². The molecular weight excluding hydrogens is 493 g/mol. The number of rotatable bonds is 7. The molecule has 3 rings (SSSR count). The molecule has 170 valence electrons. The van der Waals surface area contributed by atoms with Crippen LogP contribution in [0.15, 0.2) is 4.99 Å². The van der Waals surface area contributed by atoms with E-state index >= 15 is 0 Å². The second-order valence-electron chi connectivity index (χ2n) is 8.42. The van der Waals surface area contributed by atoms with E-state index in [2.05, 4.69) is 32.7 Å². The van der Waals surface area contributed by atoms with E-state index in [4.69, 9.17) is 4.99 Å². The standard InChI is InChI=1S/C21H37N7O.HI/c1-4-5-12-22-21(23-14-19-26-25-16(2)27(19)3)24-18-11-13-28(15-18)20(29)17-9-7-6-8-10-17;/h17-18H,4-15H2,1-3H3,(H2,22,23,24);1H. The van der Waals surface area contributed by atoms with Gasteiger partial charge in [0.25, 0.3) is 0 Å². The van der Waals surface area contributed by atoms with Gasteiger partial charge in [0.1, 0.15) is 12.4 Å². The Morgan fingerprint density at radius 3 is 2.63 bits per heavy atom. The summed E-state index contributed by atoms with van der Waals surface area (Å²) in [4.78, 5) is 19.6. The van der Waals surface area contributed by atoms with Gasteiger partial charge in [-0.05, 0) is 32.6 Å². The summed E-state index contributed by atoms with van der Waals surface area (Å²) in [6.07, 6.45) is 9.01. The molecule has 0 radical (unpaired) electrons. The molecule has 1 aliphatic carbocycles. The van der Waals surface area contributed by atoms with Crippen LogP contribution in [0.2, 0.25) is 0 Å². The number of hydrogen-bond acceptors (Lipinski definition) is 4. The first-order valence-corrected chi connectivity index (χ1v) is 11.3. The van der Waals surface area contributed by atoms with Gasteiger partial charge < -0.3 is 20.1 Å². The zero-order valence-electron chi connectivity index (χ0n) is 18.7. The van der Waals surface area contributed by atoms with Crippen molar-refractivity contribution in [1.82, 2.24) is 30.3 Å². The van der Waals surface area contributed by atoms with E-state index in [1.54, 1.807) is 0 Å². The molecule has 9 heteroatoms. The second kappa shape index (κ2) is 12.5. The highest BCUT2D eigenvalue weighted by molar-refractivity contribution is 14.0. The predicted molar refractivity (Wildman–Crippen MR) is 130 cm³/mol. The zero-order chi connectivity index (χ0) is 20.6. The zero-order valence-corrected chi connectivity index (χ0v) is 21.0. The van der Waals surface area contributed by atoms with Crippen molar-refractivity contribution in [3.05, 3.63) is 11.6 Å². The SMILES string of the molecule is CCCCNC(=NCc1nnc(C)n1C)NC1CCN(C(=O)C2CCCCC2)C1.I. The summed E-state index contributed by atoms with van der Waals surface area (Å²) in [5, 5.41) is 15.3. The molecule has 2 aliphatic rings. The molecule has 2 fully saturated rings. The number of hydrogen-bond donors (Lipinski definition) is 2. The number of carbonyl (C=O) groups is 1. The summed E-state index contributed by atoms with van der Waals surface area (Å²) in [7, 11) is 1.96. The molecule has 0 bridgehead atoms. The molecule has 0 aromatic carbocycles. The van der Waals surface area contributed by atoms with Gasteiger partial charge in [0.2, 0.25) is 5.91 Å². The van der Waals surface area contributed by atoms with E-state index in [1.807, 2.05) is 18.5 Å². The summed E-state index contributed by atoms with van der Waals surface area (Å²) < 4.78 is 1.97. The van der Waals surface area contributed by atoms with Crippen LogP contribution in [0.4, 0.5) is 0 Å². The molecule has 2 N–H and O–H groups in total. The van der Waals surface area contributed by atoms with Crippen LogP contribution in [0.1, 0.15) is 69.9 Å². The Kier molecular flexibility index (Phi) is 10.3. The number of nitrogens with zero attached hydrogens (tertiary/aromatic N) is 5. The van der Waals surface area contributed by atoms with Crippen molar-refractivity contribution >= 4 is 35.8 Å². The maximum atomic E-state index is 12.8. The molecule has 1 unspecified atom stereocenters. The van der Waals surface area contributed by atoms with Crippen LogP contribution in [0.25, 0.3) is 0 Å². The van der Waals surface area contributed by atoms with Gasteiger partial charge in [-0.15, -0.1) is 34.2 Å². The number of nitrogens with one attached hydrogen (secondary N) is 2. The molecule has 1 aromatic rings. The number of aromatic nitrogens is 3. The number of halogens is 1. The second-order valence-corrected chi connectivity index (χ2v) is 8.42. The Hall–Kier alpha value is -1.39. The van der Waals surface area contributed by atoms with Crippen molar-refractivity contribution in [1.29, 1.82) is 0 Å². The van der Waals surface area contributed by atoms with Gasteiger partial charge in [-0.3, -0.25) is 4.79 Å². The minimum atomic E-state index is 0. The normalized spacial score (nSPS) is 20.2. The molecule has 1 saturated heterocycles. The van der Waals surface area contributed by atoms with E-state index in [9.17, 15) is 4.79 Å². The fourth-order valence-corrected chi connectivity index (χ4v) is 4.15. The fourth-order valence-electron chi connectivity index (χ4n) is 4.15. The smallest absolute Gasteiger partial charge is 0.225 e. The number of aryl methyl sites for hydroxylation is 1. The van der Waals surface area contributed by atoms with Crippen LogP contribution >= 0.6 is 24.0 Å². The molecule has 1 aliphatic heterocycles. The molecule has 30 heavy (non-hydrogen) atoms. The number of guanidine groups is 1. The van der Waals surface area contributed by atoms with Gasteiger partial charge in [0.05, 0.1) is 0 Å². The largest absolute Gasteiger partial charge is 0.356 e. The quantitative estimate of drug-likeness (QED) is 0.245. The number of amides is 1. The minimum absolute atomic E-state index is 0. The number of aliphatic imine (C=N–C) groups is 1. The summed E-state index contributed by atoms with van der Waals surface area (Å²) >= 11 is 0. The molecule has 1 saturated carbocycles. The Morgan fingerprint density at radius 2 is 1.97 bits per heavy atom. The van der Waals surface area contributed by atoms with Crippen molar-refractivity contribution < 1.29 is 4.79 Å². The lowest BCUT2D eigenvalue weighted by Crippen LogP contribution is -2.46. The lowest BCUT2D eigenvalue weighted by Gasteiger charge is -2.26. The minimum Gasteiger partial charge on any atom is -0.356 e. The third kappa shape index (κ3) is 6.81. The van der Waals surface area contributed by atoms with Crippen molar-refractivity contribution in [3.63, 3.8) is 0 Å². The highest BCUT2D eigenvalue weighted by Gasteiger charge is 2.31. The van der Waals surface area contributed by atoms with Crippen molar-refractivity contribution in [2.24, 2.45) is 18.0 Å². The Morgan fingerprint density at radius 1 is 1.20 bits per heavy atom.